The van der Waals surface area contributed by atoms with Crippen LogP contribution in [-0.4, -0.2) is 69.5 Å². The van der Waals surface area contributed by atoms with Gasteiger partial charge in [0.25, 0.3) is 5.91 Å². The van der Waals surface area contributed by atoms with Gasteiger partial charge in [-0.15, -0.1) is 0 Å². The van der Waals surface area contributed by atoms with E-state index < -0.39 is 23.3 Å². The highest BCUT2D eigenvalue weighted by atomic mass is 19.1. The molecule has 1 unspecified atom stereocenters. The molecule has 0 aliphatic carbocycles. The molecule has 4 rings (SSSR count). The molecule has 3 heterocycles. The molecule has 2 N–H and O–H groups in total. The molecule has 0 saturated carbocycles. The maximum absolute atomic E-state index is 13.6. The van der Waals surface area contributed by atoms with E-state index in [0.29, 0.717) is 47.2 Å². The normalized spacial score (nSPS) is 15.6. The maximum atomic E-state index is 13.6. The number of ether oxygens (including phenoxy) is 2. The predicted molar refractivity (Wildman–Crippen MR) is 164 cm³/mol. The molecule has 12 nitrogen and oxygen atoms in total. The summed E-state index contributed by atoms with van der Waals surface area (Å²) in [5.74, 6) is 0.367. The van der Waals surface area contributed by atoms with Gasteiger partial charge in [-0.2, -0.15) is 4.73 Å². The molecule has 0 radical (unpaired) electrons. The molecule has 1 aliphatic heterocycles. The van der Waals surface area contributed by atoms with Crippen molar-refractivity contribution in [3.8, 4) is 11.5 Å². The molecule has 1 saturated heterocycles. The Kier molecular flexibility index (Phi) is 9.91. The van der Waals surface area contributed by atoms with Crippen LogP contribution in [0.25, 0.3) is 0 Å². The Bertz CT molecular complexity index is 1520. The van der Waals surface area contributed by atoms with Gasteiger partial charge in [-0.25, -0.2) is 14.2 Å². The van der Waals surface area contributed by atoms with Crippen molar-refractivity contribution in [2.24, 2.45) is 0 Å². The standard InChI is InChI=1S/C32H39FN6O6/c1-21(28(40)36-27-12-11-26(19-34-27)44-25-9-7-23(33)8-10-25)37-15-16-38(32(5,6)20-37)29(41)22-13-14-39(43)24(17-22)18-35-30(42)45-31(2,3)4/h7-14,17,19,21H,15-16,18,20H2,1-6H3,(H,35,42)(H,34,36,40). The first-order valence-corrected chi connectivity index (χ1v) is 14.6. The molecule has 1 aliphatic rings. The Labute approximate surface area is 261 Å². The summed E-state index contributed by atoms with van der Waals surface area (Å²) in [6, 6.07) is 11.3. The summed E-state index contributed by atoms with van der Waals surface area (Å²) < 4.78 is 24.6. The first-order chi connectivity index (χ1) is 21.1. The molecular formula is C32H39FN6O6. The largest absolute Gasteiger partial charge is 0.618 e. The molecule has 240 valence electrons. The van der Waals surface area contributed by atoms with Gasteiger partial charge in [-0.1, -0.05) is 0 Å². The van der Waals surface area contributed by atoms with Gasteiger partial charge < -0.3 is 30.2 Å². The Morgan fingerprint density at radius 2 is 1.78 bits per heavy atom. The van der Waals surface area contributed by atoms with Crippen molar-refractivity contribution in [3.63, 3.8) is 0 Å². The second-order valence-electron chi connectivity index (χ2n) is 12.4. The fourth-order valence-electron chi connectivity index (χ4n) is 4.88. The highest BCUT2D eigenvalue weighted by Gasteiger charge is 2.40. The summed E-state index contributed by atoms with van der Waals surface area (Å²) in [5.41, 5.74) is -0.822. The first kappa shape index (κ1) is 33.1. The van der Waals surface area contributed by atoms with E-state index in [1.165, 1.54) is 48.8 Å². The number of carbonyl (C=O) groups excluding carboxylic acids is 3. The number of nitrogens with zero attached hydrogens (tertiary/aromatic N) is 4. The van der Waals surface area contributed by atoms with Gasteiger partial charge in [0.2, 0.25) is 11.6 Å². The molecule has 1 atom stereocenters. The van der Waals surface area contributed by atoms with E-state index in [0.717, 1.165) is 0 Å². The maximum Gasteiger partial charge on any atom is 0.408 e. The lowest BCUT2D eigenvalue weighted by atomic mass is 9.96. The molecule has 13 heteroatoms. The van der Waals surface area contributed by atoms with Crippen molar-refractivity contribution in [1.82, 2.24) is 20.1 Å². The minimum atomic E-state index is -0.688. The summed E-state index contributed by atoms with van der Waals surface area (Å²) in [6.45, 7) is 12.0. The van der Waals surface area contributed by atoms with Crippen LogP contribution in [0.15, 0.2) is 60.9 Å². The van der Waals surface area contributed by atoms with Crippen molar-refractivity contribution in [2.45, 2.75) is 65.3 Å². The average molecular weight is 623 g/mol. The van der Waals surface area contributed by atoms with Crippen molar-refractivity contribution in [2.75, 3.05) is 25.0 Å². The van der Waals surface area contributed by atoms with Crippen molar-refractivity contribution < 1.29 is 33.0 Å². The number of piperazine rings is 1. The third-order valence-corrected chi connectivity index (χ3v) is 7.20. The minimum absolute atomic E-state index is 0.109. The molecule has 0 spiro atoms. The number of amides is 3. The van der Waals surface area contributed by atoms with Crippen LogP contribution in [0.5, 0.6) is 11.5 Å². The predicted octanol–water partition coefficient (Wildman–Crippen LogP) is 4.23. The van der Waals surface area contributed by atoms with Gasteiger partial charge in [0.1, 0.15) is 35.3 Å². The van der Waals surface area contributed by atoms with Crippen LogP contribution in [0.4, 0.5) is 15.0 Å². The van der Waals surface area contributed by atoms with Crippen LogP contribution in [0.2, 0.25) is 0 Å². The highest BCUT2D eigenvalue weighted by Crippen LogP contribution is 2.26. The number of hydrogen-bond acceptors (Lipinski definition) is 8. The third-order valence-electron chi connectivity index (χ3n) is 7.20. The van der Waals surface area contributed by atoms with Gasteiger partial charge in [0.15, 0.2) is 6.20 Å². The van der Waals surface area contributed by atoms with E-state index in [1.54, 1.807) is 44.7 Å². The van der Waals surface area contributed by atoms with Gasteiger partial charge in [0, 0.05) is 31.8 Å². The van der Waals surface area contributed by atoms with Gasteiger partial charge >= 0.3 is 6.09 Å². The van der Waals surface area contributed by atoms with Crippen LogP contribution >= 0.6 is 0 Å². The molecule has 3 aromatic rings. The van der Waals surface area contributed by atoms with E-state index in [2.05, 4.69) is 15.6 Å². The lowest BCUT2D eigenvalue weighted by molar-refractivity contribution is -0.614. The zero-order valence-electron chi connectivity index (χ0n) is 26.3. The number of alkyl carbamates (subject to hydrolysis) is 1. The Morgan fingerprint density at radius 3 is 2.40 bits per heavy atom. The van der Waals surface area contributed by atoms with Crippen molar-refractivity contribution in [1.29, 1.82) is 0 Å². The molecule has 1 fully saturated rings. The highest BCUT2D eigenvalue weighted by molar-refractivity contribution is 5.95. The second kappa shape index (κ2) is 13.5. The summed E-state index contributed by atoms with van der Waals surface area (Å²) in [6.07, 6.45) is 2.04. The molecule has 3 amide bonds. The summed E-state index contributed by atoms with van der Waals surface area (Å²) >= 11 is 0. The average Bonchev–Trinajstić information content (AvgIpc) is 2.96. The first-order valence-electron chi connectivity index (χ1n) is 14.6. The van der Waals surface area contributed by atoms with Crippen LogP contribution in [0.3, 0.4) is 0 Å². The van der Waals surface area contributed by atoms with Crippen LogP contribution in [-0.2, 0) is 16.1 Å². The van der Waals surface area contributed by atoms with Crippen LogP contribution < -0.4 is 20.1 Å². The SMILES string of the molecule is CC(C(=O)Nc1ccc(Oc2ccc(F)cc2)cn1)N1CCN(C(=O)c2cc[n+]([O-])c(CNC(=O)OC(C)(C)C)c2)C(C)(C)C1. The lowest BCUT2D eigenvalue weighted by Crippen LogP contribution is -2.63. The fraction of sp³-hybridized carbons (Fsp3) is 0.406. The molecule has 2 aromatic heterocycles. The zero-order chi connectivity index (χ0) is 32.9. The van der Waals surface area contributed by atoms with Gasteiger partial charge in [0.05, 0.1) is 23.3 Å². The summed E-state index contributed by atoms with van der Waals surface area (Å²) in [5, 5.41) is 17.7. The quantitative estimate of drug-likeness (QED) is 0.281. The third kappa shape index (κ3) is 8.88. The topological polar surface area (TPSA) is 140 Å². The van der Waals surface area contributed by atoms with E-state index >= 15 is 0 Å². The molecule has 1 aromatic carbocycles. The number of anilines is 1. The number of pyridine rings is 2. The van der Waals surface area contributed by atoms with Crippen LogP contribution in [0, 0.1) is 11.0 Å². The van der Waals surface area contributed by atoms with Crippen molar-refractivity contribution >= 4 is 23.7 Å². The smallest absolute Gasteiger partial charge is 0.408 e. The summed E-state index contributed by atoms with van der Waals surface area (Å²) in [4.78, 5) is 46.7. The Hall–Kier alpha value is -4.78. The van der Waals surface area contributed by atoms with E-state index in [4.69, 9.17) is 9.47 Å². The fourth-order valence-corrected chi connectivity index (χ4v) is 4.88. The van der Waals surface area contributed by atoms with E-state index in [-0.39, 0.29) is 29.9 Å². The van der Waals surface area contributed by atoms with Gasteiger partial charge in [-0.3, -0.25) is 14.5 Å². The second-order valence-corrected chi connectivity index (χ2v) is 12.4. The number of aromatic nitrogens is 2. The van der Waals surface area contributed by atoms with E-state index in [9.17, 15) is 24.0 Å². The number of halogens is 1. The minimum Gasteiger partial charge on any atom is -0.618 e. The molecule has 45 heavy (non-hydrogen) atoms. The Morgan fingerprint density at radius 1 is 1.09 bits per heavy atom. The monoisotopic (exact) mass is 622 g/mol. The summed E-state index contributed by atoms with van der Waals surface area (Å²) in [7, 11) is 0. The Balaban J connectivity index is 1.34. The van der Waals surface area contributed by atoms with E-state index in [1.807, 2.05) is 18.7 Å². The molecular weight excluding hydrogens is 583 g/mol. The van der Waals surface area contributed by atoms with Crippen molar-refractivity contribution in [3.05, 3.63) is 83.2 Å². The number of hydrogen-bond donors (Lipinski definition) is 2. The van der Waals surface area contributed by atoms with Gasteiger partial charge in [-0.05, 0) is 77.9 Å². The zero-order valence-corrected chi connectivity index (χ0v) is 26.3. The number of rotatable bonds is 8. The van der Waals surface area contributed by atoms with Crippen LogP contribution in [0.1, 0.15) is 57.6 Å². The lowest BCUT2D eigenvalue weighted by Gasteiger charge is -2.48. The number of carbonyl (C=O) groups is 3. The number of nitrogens with one attached hydrogen (secondary N) is 2. The molecule has 0 bridgehead atoms. The number of benzene rings is 1.